The third-order valence-corrected chi connectivity index (χ3v) is 5.22. The summed E-state index contributed by atoms with van der Waals surface area (Å²) in [6, 6.07) is 6.91. The van der Waals surface area contributed by atoms with Crippen LogP contribution in [0.3, 0.4) is 0 Å². The van der Waals surface area contributed by atoms with Crippen LogP contribution in [0.2, 0.25) is 0 Å². The Bertz CT molecular complexity index is 1090. The summed E-state index contributed by atoms with van der Waals surface area (Å²) in [5.74, 6) is -0.242. The number of amides is 1. The van der Waals surface area contributed by atoms with Crippen LogP contribution in [0.25, 0.3) is 16.9 Å². The molecule has 1 aromatic carbocycles. The quantitative estimate of drug-likeness (QED) is 0.733. The van der Waals surface area contributed by atoms with Crippen molar-refractivity contribution in [3.63, 3.8) is 0 Å². The summed E-state index contributed by atoms with van der Waals surface area (Å²) in [6.45, 7) is 6.95. The minimum atomic E-state index is -0.409. The normalized spacial score (nSPS) is 16.4. The SMILES string of the molecule is COc1cc(-c2c(C)nc3c(N4CC[C@@H](NC(C)=O)C4)cc(C)nn23)ccc1F. The minimum absolute atomic E-state index is 0.0166. The van der Waals surface area contributed by atoms with E-state index in [1.165, 1.54) is 13.2 Å². The van der Waals surface area contributed by atoms with E-state index in [-0.39, 0.29) is 17.7 Å². The molecule has 3 heterocycles. The average molecular weight is 397 g/mol. The summed E-state index contributed by atoms with van der Waals surface area (Å²) in [5.41, 5.74) is 4.97. The van der Waals surface area contributed by atoms with Gasteiger partial charge < -0.3 is 15.0 Å². The Balaban J connectivity index is 1.80. The van der Waals surface area contributed by atoms with Gasteiger partial charge in [0.15, 0.2) is 17.2 Å². The Kier molecular flexibility index (Phi) is 4.86. The van der Waals surface area contributed by atoms with Crippen molar-refractivity contribution in [1.29, 1.82) is 0 Å². The van der Waals surface area contributed by atoms with Gasteiger partial charge in [-0.1, -0.05) is 0 Å². The van der Waals surface area contributed by atoms with Gasteiger partial charge in [0.05, 0.1) is 29.9 Å². The maximum atomic E-state index is 13.9. The zero-order valence-electron chi connectivity index (χ0n) is 17.0. The topological polar surface area (TPSA) is 71.8 Å². The van der Waals surface area contributed by atoms with E-state index in [2.05, 4.69) is 15.3 Å². The molecule has 0 spiro atoms. The first-order valence-electron chi connectivity index (χ1n) is 9.60. The van der Waals surface area contributed by atoms with Crippen molar-refractivity contribution in [1.82, 2.24) is 19.9 Å². The molecule has 1 saturated heterocycles. The van der Waals surface area contributed by atoms with Crippen LogP contribution in [0.15, 0.2) is 24.3 Å². The number of carbonyl (C=O) groups excluding carboxylic acids is 1. The zero-order valence-corrected chi connectivity index (χ0v) is 17.0. The second kappa shape index (κ2) is 7.35. The number of nitrogens with zero attached hydrogens (tertiary/aromatic N) is 4. The summed E-state index contributed by atoms with van der Waals surface area (Å²) in [4.78, 5) is 18.4. The van der Waals surface area contributed by atoms with Crippen LogP contribution in [0.5, 0.6) is 5.75 Å². The Labute approximate surface area is 168 Å². The molecule has 8 heteroatoms. The van der Waals surface area contributed by atoms with Gasteiger partial charge in [0.2, 0.25) is 5.91 Å². The van der Waals surface area contributed by atoms with E-state index in [0.29, 0.717) is 0 Å². The van der Waals surface area contributed by atoms with E-state index in [4.69, 9.17) is 9.72 Å². The predicted molar refractivity (Wildman–Crippen MR) is 109 cm³/mol. The number of nitrogens with one attached hydrogen (secondary N) is 1. The van der Waals surface area contributed by atoms with E-state index in [0.717, 1.165) is 53.5 Å². The van der Waals surface area contributed by atoms with Crippen molar-refractivity contribution < 1.29 is 13.9 Å². The second-order valence-corrected chi connectivity index (χ2v) is 7.43. The van der Waals surface area contributed by atoms with Gasteiger partial charge in [0, 0.05) is 31.6 Å². The summed E-state index contributed by atoms with van der Waals surface area (Å²) in [6.07, 6.45) is 0.884. The molecular formula is C21H24FN5O2. The molecule has 0 saturated carbocycles. The molecule has 0 bridgehead atoms. The van der Waals surface area contributed by atoms with E-state index in [9.17, 15) is 9.18 Å². The Hall–Kier alpha value is -3.16. The number of benzene rings is 1. The average Bonchev–Trinajstić information content (AvgIpc) is 3.25. The van der Waals surface area contributed by atoms with Gasteiger partial charge in [-0.15, -0.1) is 0 Å². The molecule has 1 aliphatic heterocycles. The molecule has 7 nitrogen and oxygen atoms in total. The molecule has 29 heavy (non-hydrogen) atoms. The number of fused-ring (bicyclic) bond motifs is 1. The molecule has 4 rings (SSSR count). The number of aryl methyl sites for hydroxylation is 2. The molecule has 1 aliphatic rings. The van der Waals surface area contributed by atoms with E-state index < -0.39 is 5.82 Å². The van der Waals surface area contributed by atoms with Crippen LogP contribution >= 0.6 is 0 Å². The van der Waals surface area contributed by atoms with Gasteiger partial charge in [-0.25, -0.2) is 13.9 Å². The highest BCUT2D eigenvalue weighted by Crippen LogP contribution is 2.33. The number of anilines is 1. The molecule has 0 aliphatic carbocycles. The fourth-order valence-electron chi connectivity index (χ4n) is 3.99. The lowest BCUT2D eigenvalue weighted by atomic mass is 10.1. The molecule has 0 radical (unpaired) electrons. The van der Waals surface area contributed by atoms with Crippen molar-refractivity contribution >= 4 is 17.2 Å². The summed E-state index contributed by atoms with van der Waals surface area (Å²) in [5, 5.41) is 7.67. The standard InChI is InChI=1S/C21H24FN5O2/c1-12-9-18(26-8-7-16(11-26)24-14(3)28)21-23-13(2)20(27(21)25-12)15-5-6-17(22)19(10-15)29-4/h5-6,9-10,16H,7-8,11H2,1-4H3,(H,24,28)/t16-/m1/s1. The molecule has 1 fully saturated rings. The third-order valence-electron chi connectivity index (χ3n) is 5.22. The third kappa shape index (κ3) is 3.50. The van der Waals surface area contributed by atoms with Crippen LogP contribution < -0.4 is 15.0 Å². The second-order valence-electron chi connectivity index (χ2n) is 7.43. The van der Waals surface area contributed by atoms with Gasteiger partial charge in [-0.2, -0.15) is 5.10 Å². The van der Waals surface area contributed by atoms with Crippen LogP contribution in [-0.4, -0.2) is 46.7 Å². The number of rotatable bonds is 4. The molecule has 2 aromatic heterocycles. The molecule has 1 N–H and O–H groups in total. The number of ether oxygens (including phenoxy) is 1. The highest BCUT2D eigenvalue weighted by atomic mass is 19.1. The fourth-order valence-corrected chi connectivity index (χ4v) is 3.99. The number of hydrogen-bond donors (Lipinski definition) is 1. The molecule has 0 unspecified atom stereocenters. The minimum Gasteiger partial charge on any atom is -0.494 e. The van der Waals surface area contributed by atoms with Crippen LogP contribution in [0.4, 0.5) is 10.1 Å². The van der Waals surface area contributed by atoms with Crippen LogP contribution in [-0.2, 0) is 4.79 Å². The first kappa shape index (κ1) is 19.2. The van der Waals surface area contributed by atoms with Gasteiger partial charge in [-0.3, -0.25) is 4.79 Å². The number of halogens is 1. The van der Waals surface area contributed by atoms with Crippen molar-refractivity contribution in [3.8, 4) is 17.0 Å². The maximum absolute atomic E-state index is 13.9. The van der Waals surface area contributed by atoms with Gasteiger partial charge >= 0.3 is 0 Å². The predicted octanol–water partition coefficient (Wildman–Crippen LogP) is 2.88. The molecule has 152 valence electrons. The molecular weight excluding hydrogens is 373 g/mol. The number of carbonyl (C=O) groups is 1. The van der Waals surface area contributed by atoms with Crippen molar-refractivity contribution in [3.05, 3.63) is 41.5 Å². The number of hydrogen-bond acceptors (Lipinski definition) is 5. The first-order valence-corrected chi connectivity index (χ1v) is 9.60. The van der Waals surface area contributed by atoms with E-state index >= 15 is 0 Å². The van der Waals surface area contributed by atoms with Crippen molar-refractivity contribution in [2.75, 3.05) is 25.1 Å². The van der Waals surface area contributed by atoms with Crippen LogP contribution in [0, 0.1) is 19.7 Å². The maximum Gasteiger partial charge on any atom is 0.217 e. The fraction of sp³-hybridized carbons (Fsp3) is 0.381. The first-order chi connectivity index (χ1) is 13.9. The Morgan fingerprint density at radius 2 is 2.10 bits per heavy atom. The Morgan fingerprint density at radius 3 is 2.83 bits per heavy atom. The number of imidazole rings is 1. The smallest absolute Gasteiger partial charge is 0.217 e. The lowest BCUT2D eigenvalue weighted by Crippen LogP contribution is -2.35. The molecule has 1 atom stereocenters. The highest BCUT2D eigenvalue weighted by molar-refractivity contribution is 5.77. The molecule has 1 amide bonds. The van der Waals surface area contributed by atoms with Crippen molar-refractivity contribution in [2.45, 2.75) is 33.2 Å². The zero-order chi connectivity index (χ0) is 20.7. The lowest BCUT2D eigenvalue weighted by Gasteiger charge is -2.20. The van der Waals surface area contributed by atoms with Gasteiger partial charge in [0.1, 0.15) is 0 Å². The van der Waals surface area contributed by atoms with Gasteiger partial charge in [0.25, 0.3) is 0 Å². The number of aromatic nitrogens is 3. The summed E-state index contributed by atoms with van der Waals surface area (Å²) >= 11 is 0. The Morgan fingerprint density at radius 1 is 1.31 bits per heavy atom. The van der Waals surface area contributed by atoms with Crippen molar-refractivity contribution in [2.24, 2.45) is 0 Å². The van der Waals surface area contributed by atoms with Crippen LogP contribution in [0.1, 0.15) is 24.7 Å². The lowest BCUT2D eigenvalue weighted by molar-refractivity contribution is -0.119. The number of methoxy groups -OCH3 is 1. The van der Waals surface area contributed by atoms with E-state index in [1.807, 2.05) is 24.4 Å². The largest absolute Gasteiger partial charge is 0.494 e. The monoisotopic (exact) mass is 397 g/mol. The van der Waals surface area contributed by atoms with E-state index in [1.54, 1.807) is 19.1 Å². The molecule has 3 aromatic rings. The highest BCUT2D eigenvalue weighted by Gasteiger charge is 2.27. The summed E-state index contributed by atoms with van der Waals surface area (Å²) in [7, 11) is 1.45. The summed E-state index contributed by atoms with van der Waals surface area (Å²) < 4.78 is 20.8. The van der Waals surface area contributed by atoms with Gasteiger partial charge in [-0.05, 0) is 44.5 Å².